The molecule has 236 valence electrons. The summed E-state index contributed by atoms with van der Waals surface area (Å²) in [5, 5.41) is 33.9. The molecule has 2 aromatic carbocycles. The van der Waals surface area contributed by atoms with E-state index in [4.69, 9.17) is 23.2 Å². The average Bonchev–Trinajstić information content (AvgIpc) is 2.96. The third-order valence-corrected chi connectivity index (χ3v) is 9.66. The van der Waals surface area contributed by atoms with Gasteiger partial charge in [-0.3, -0.25) is 9.69 Å². The van der Waals surface area contributed by atoms with Gasteiger partial charge in [0.15, 0.2) is 10.6 Å². The first-order chi connectivity index (χ1) is 20.8. The number of carbonyl (C=O) groups excluding carboxylic acids is 1. The van der Waals surface area contributed by atoms with Gasteiger partial charge >= 0.3 is 11.9 Å². The number of benzene rings is 2. The summed E-state index contributed by atoms with van der Waals surface area (Å²) in [4.78, 5) is 43.4. The third-order valence-electron chi connectivity index (χ3n) is 7.65. The maximum Gasteiger partial charge on any atom is 0.334 e. The van der Waals surface area contributed by atoms with Crippen molar-refractivity contribution >= 4 is 52.2 Å². The predicted molar refractivity (Wildman–Crippen MR) is 168 cm³/mol. The highest BCUT2D eigenvalue weighted by Gasteiger charge is 2.42. The Labute approximate surface area is 269 Å². The number of dihydropyridines is 1. The zero-order valence-corrected chi connectivity index (χ0v) is 26.7. The van der Waals surface area contributed by atoms with Gasteiger partial charge in [0.1, 0.15) is 0 Å². The number of nitrogens with one attached hydrogen (secondary N) is 1. The van der Waals surface area contributed by atoms with Crippen molar-refractivity contribution in [2.24, 2.45) is 0 Å². The Bertz CT molecular complexity index is 1450. The van der Waals surface area contributed by atoms with E-state index in [2.05, 4.69) is 10.2 Å². The van der Waals surface area contributed by atoms with Crippen molar-refractivity contribution in [3.8, 4) is 0 Å². The normalized spacial score (nSPS) is 18.7. The topological polar surface area (TPSA) is 153 Å². The van der Waals surface area contributed by atoms with Crippen molar-refractivity contribution in [1.82, 2.24) is 15.1 Å². The summed E-state index contributed by atoms with van der Waals surface area (Å²) in [6.07, 6.45) is 0.218. The van der Waals surface area contributed by atoms with E-state index in [1.54, 1.807) is 55.1 Å². The maximum atomic E-state index is 13.6. The average molecular weight is 665 g/mol. The van der Waals surface area contributed by atoms with Crippen LogP contribution in [0.3, 0.4) is 0 Å². The Morgan fingerprint density at radius 1 is 0.932 bits per heavy atom. The molecule has 2 aliphatic heterocycles. The number of rotatable bonds is 11. The Hall–Kier alpha value is -3.06. The number of carbonyl (C=O) groups is 3. The lowest BCUT2D eigenvalue weighted by atomic mass is 9.79. The van der Waals surface area contributed by atoms with Crippen LogP contribution >= 0.6 is 23.2 Å². The lowest BCUT2D eigenvalue weighted by Gasteiger charge is -2.36. The monoisotopic (exact) mass is 663 g/mol. The van der Waals surface area contributed by atoms with Crippen molar-refractivity contribution in [3.63, 3.8) is 0 Å². The molecule has 2 atom stereocenters. The van der Waals surface area contributed by atoms with Crippen molar-refractivity contribution in [2.45, 2.75) is 43.1 Å². The Balaban J connectivity index is 1.70. The standard InChI is InChI=1S/C31H35Cl2N3O7S/c1-31(2,42)11-12-35-13-15-36(16-14-35)24(37)17-22-26(29(38)39)28(25-20(32)9-6-10-21(25)33)27(30(40)41)23(34-22)18-44(43)19-7-4-3-5-8-19/h3-10,28,34,42H,11-18H2,1-2H3,(H,38,39)(H,40,41)/t28?,44-/m0/s1. The molecule has 0 saturated carbocycles. The van der Waals surface area contributed by atoms with E-state index in [0.717, 1.165) is 0 Å². The number of carboxylic acid groups (broad SMARTS) is 2. The number of nitrogens with zero attached hydrogens (tertiary/aromatic N) is 2. The molecule has 1 amide bonds. The van der Waals surface area contributed by atoms with Crippen LogP contribution in [0.2, 0.25) is 10.0 Å². The minimum atomic E-state index is -1.71. The molecule has 4 rings (SSSR count). The summed E-state index contributed by atoms with van der Waals surface area (Å²) in [6, 6.07) is 13.0. The van der Waals surface area contributed by atoms with Crippen molar-refractivity contribution < 1.29 is 34.3 Å². The lowest BCUT2D eigenvalue weighted by molar-refractivity contribution is -0.133. The first-order valence-electron chi connectivity index (χ1n) is 14.1. The van der Waals surface area contributed by atoms with Gasteiger partial charge in [-0.2, -0.15) is 0 Å². The van der Waals surface area contributed by atoms with Crippen LogP contribution in [0.1, 0.15) is 38.2 Å². The zero-order valence-electron chi connectivity index (χ0n) is 24.4. The third kappa shape index (κ3) is 8.15. The highest BCUT2D eigenvalue weighted by Crippen LogP contribution is 2.45. The summed E-state index contributed by atoms with van der Waals surface area (Å²) < 4.78 is 13.4. The number of hydrogen-bond acceptors (Lipinski definition) is 7. The fourth-order valence-electron chi connectivity index (χ4n) is 5.35. The number of aliphatic carboxylic acids is 2. The second-order valence-corrected chi connectivity index (χ2v) is 13.6. The van der Waals surface area contributed by atoms with Crippen LogP contribution in [0.5, 0.6) is 0 Å². The van der Waals surface area contributed by atoms with Crippen molar-refractivity contribution in [3.05, 3.63) is 86.7 Å². The number of halogens is 2. The molecule has 0 spiro atoms. The van der Waals surface area contributed by atoms with Crippen LogP contribution in [0.15, 0.2) is 76.0 Å². The van der Waals surface area contributed by atoms with Gasteiger partial charge in [0, 0.05) is 54.0 Å². The van der Waals surface area contributed by atoms with E-state index < -0.39 is 34.6 Å². The second-order valence-electron chi connectivity index (χ2n) is 11.4. The van der Waals surface area contributed by atoms with Gasteiger partial charge in [0.25, 0.3) is 0 Å². The van der Waals surface area contributed by atoms with Crippen molar-refractivity contribution in [1.29, 1.82) is 0 Å². The van der Waals surface area contributed by atoms with Crippen LogP contribution in [0.25, 0.3) is 0 Å². The molecule has 1 unspecified atom stereocenters. The number of hydrogen-bond donors (Lipinski definition) is 4. The minimum absolute atomic E-state index is 0.00455. The van der Waals surface area contributed by atoms with Gasteiger partial charge < -0.3 is 30.1 Å². The first-order valence-corrected chi connectivity index (χ1v) is 16.1. The van der Waals surface area contributed by atoms with E-state index in [9.17, 15) is 34.3 Å². The fourth-order valence-corrected chi connectivity index (χ4v) is 7.08. The highest BCUT2D eigenvalue weighted by molar-refractivity contribution is 7.91. The zero-order chi connectivity index (χ0) is 32.2. The Morgan fingerprint density at radius 3 is 2.05 bits per heavy atom. The molecule has 4 N–H and O–H groups in total. The number of aliphatic hydroxyl groups is 1. The van der Waals surface area contributed by atoms with Gasteiger partial charge in [-0.15, -0.1) is 0 Å². The van der Waals surface area contributed by atoms with Crippen LogP contribution in [-0.2, 0) is 25.6 Å². The second kappa shape index (κ2) is 14.4. The molecular weight excluding hydrogens is 629 g/mol. The van der Waals surface area contributed by atoms with E-state index in [-0.39, 0.29) is 56.2 Å². The quantitative estimate of drug-likeness (QED) is 0.263. The maximum absolute atomic E-state index is 13.6. The van der Waals surface area contributed by atoms with Crippen LogP contribution in [0.4, 0.5) is 0 Å². The fraction of sp³-hybridized carbons (Fsp3) is 0.387. The molecule has 2 aromatic rings. The number of carboxylic acids is 2. The first kappa shape index (κ1) is 33.8. The molecule has 1 saturated heterocycles. The summed E-state index contributed by atoms with van der Waals surface area (Å²) in [5.74, 6) is -4.96. The summed E-state index contributed by atoms with van der Waals surface area (Å²) in [6.45, 7) is 6.14. The molecule has 0 radical (unpaired) electrons. The largest absolute Gasteiger partial charge is 0.611 e. The lowest BCUT2D eigenvalue weighted by Crippen LogP contribution is -2.50. The smallest absolute Gasteiger partial charge is 0.334 e. The molecule has 2 heterocycles. The number of amides is 1. The predicted octanol–water partition coefficient (Wildman–Crippen LogP) is 3.86. The molecule has 44 heavy (non-hydrogen) atoms. The molecule has 0 aromatic heterocycles. The van der Waals surface area contributed by atoms with Crippen LogP contribution in [-0.4, -0.2) is 91.6 Å². The molecule has 10 nitrogen and oxygen atoms in total. The molecule has 2 aliphatic rings. The van der Waals surface area contributed by atoms with E-state index in [0.29, 0.717) is 44.0 Å². The van der Waals surface area contributed by atoms with Crippen LogP contribution in [0, 0.1) is 0 Å². The minimum Gasteiger partial charge on any atom is -0.611 e. The molecule has 1 fully saturated rings. The van der Waals surface area contributed by atoms with Gasteiger partial charge in [-0.05, 0) is 55.7 Å². The number of piperazine rings is 1. The summed E-state index contributed by atoms with van der Waals surface area (Å²) in [7, 11) is 0. The van der Waals surface area contributed by atoms with E-state index in [1.807, 2.05) is 0 Å². The highest BCUT2D eigenvalue weighted by atomic mass is 35.5. The van der Waals surface area contributed by atoms with Gasteiger partial charge in [0.05, 0.1) is 34.8 Å². The van der Waals surface area contributed by atoms with Crippen LogP contribution < -0.4 is 5.32 Å². The molecular formula is C31H35Cl2N3O7S. The van der Waals surface area contributed by atoms with E-state index >= 15 is 0 Å². The van der Waals surface area contributed by atoms with Crippen molar-refractivity contribution in [2.75, 3.05) is 38.5 Å². The Morgan fingerprint density at radius 2 is 1.50 bits per heavy atom. The SMILES string of the molecule is CC(C)(O)CCN1CCN(C(=O)CC2=C(C(=O)O)C(c3c(Cl)cccc3Cl)C(C(=O)O)=C(C[S@+]([O-])c3ccccc3)N2)CC1. The molecule has 0 bridgehead atoms. The van der Waals surface area contributed by atoms with E-state index in [1.165, 1.54) is 12.1 Å². The Kier molecular flexibility index (Phi) is 11.0. The summed E-state index contributed by atoms with van der Waals surface area (Å²) >= 11 is 11.3. The summed E-state index contributed by atoms with van der Waals surface area (Å²) in [5.41, 5.74) is -1.48. The van der Waals surface area contributed by atoms with Gasteiger partial charge in [0.2, 0.25) is 5.91 Å². The van der Waals surface area contributed by atoms with Gasteiger partial charge in [-0.25, -0.2) is 9.59 Å². The molecule has 0 aliphatic carbocycles. The molecule has 13 heteroatoms. The van der Waals surface area contributed by atoms with Gasteiger partial charge in [-0.1, -0.05) is 47.5 Å².